The van der Waals surface area contributed by atoms with Crippen molar-refractivity contribution in [2.24, 2.45) is 0 Å². The van der Waals surface area contributed by atoms with Crippen LogP contribution in [-0.2, 0) is 0 Å². The van der Waals surface area contributed by atoms with Gasteiger partial charge in [-0.05, 0) is 25.5 Å². The predicted octanol–water partition coefficient (Wildman–Crippen LogP) is 2.73. The van der Waals surface area contributed by atoms with Gasteiger partial charge < -0.3 is 5.11 Å². The van der Waals surface area contributed by atoms with Gasteiger partial charge in [0.25, 0.3) is 0 Å². The predicted molar refractivity (Wildman–Crippen MR) is 52.8 cm³/mol. The van der Waals surface area contributed by atoms with E-state index in [1.165, 1.54) is 0 Å². The largest absolute Gasteiger partial charge is 0.478 e. The Balaban J connectivity index is 3.26. The summed E-state index contributed by atoms with van der Waals surface area (Å²) in [6, 6.07) is 5.40. The minimum absolute atomic E-state index is 0.359. The van der Waals surface area contributed by atoms with Crippen LogP contribution in [0.3, 0.4) is 0 Å². The molecule has 2 heteroatoms. The third-order valence-electron chi connectivity index (χ3n) is 1.79. The Morgan fingerprint density at radius 2 is 2.15 bits per heavy atom. The summed E-state index contributed by atoms with van der Waals surface area (Å²) < 4.78 is 0. The number of aromatic carboxylic acids is 1. The van der Waals surface area contributed by atoms with Gasteiger partial charge >= 0.3 is 5.97 Å². The fourth-order valence-corrected chi connectivity index (χ4v) is 1.18. The van der Waals surface area contributed by atoms with Crippen molar-refractivity contribution < 1.29 is 9.90 Å². The molecule has 0 unspecified atom stereocenters. The molecule has 0 saturated carbocycles. The zero-order valence-electron chi connectivity index (χ0n) is 7.74. The van der Waals surface area contributed by atoms with Crippen molar-refractivity contribution in [1.29, 1.82) is 0 Å². The number of rotatable bonds is 2. The molecule has 1 aromatic rings. The minimum atomic E-state index is -0.878. The molecule has 0 aliphatic heterocycles. The molecule has 0 aromatic heterocycles. The van der Waals surface area contributed by atoms with Crippen LogP contribution in [0.4, 0.5) is 0 Å². The number of hydrogen-bond donors (Lipinski definition) is 1. The quantitative estimate of drug-likeness (QED) is 0.752. The molecule has 0 heterocycles. The van der Waals surface area contributed by atoms with Crippen LogP contribution in [-0.4, -0.2) is 11.1 Å². The summed E-state index contributed by atoms with van der Waals surface area (Å²) in [5.74, 6) is -0.878. The van der Waals surface area contributed by atoms with Gasteiger partial charge in [0, 0.05) is 0 Å². The Bertz CT molecular complexity index is 351. The Morgan fingerprint density at radius 3 is 2.69 bits per heavy atom. The number of allylic oxidation sites excluding steroid dienone is 1. The first-order valence-electron chi connectivity index (χ1n) is 4.12. The van der Waals surface area contributed by atoms with Gasteiger partial charge in [-0.25, -0.2) is 4.79 Å². The van der Waals surface area contributed by atoms with E-state index in [4.69, 9.17) is 5.11 Å². The Morgan fingerprint density at radius 1 is 1.46 bits per heavy atom. The molecule has 0 spiro atoms. The van der Waals surface area contributed by atoms with Crippen LogP contribution in [0.2, 0.25) is 0 Å². The second-order valence-corrected chi connectivity index (χ2v) is 2.90. The van der Waals surface area contributed by atoms with Gasteiger partial charge in [0.1, 0.15) is 0 Å². The lowest BCUT2D eigenvalue weighted by molar-refractivity contribution is 0.0696. The van der Waals surface area contributed by atoms with Crippen LogP contribution in [0, 0.1) is 6.92 Å². The lowest BCUT2D eigenvalue weighted by Crippen LogP contribution is -1.99. The third-order valence-corrected chi connectivity index (χ3v) is 1.79. The number of hydrogen-bond acceptors (Lipinski definition) is 1. The first-order valence-corrected chi connectivity index (χ1v) is 4.12. The second-order valence-electron chi connectivity index (χ2n) is 2.90. The summed E-state index contributed by atoms with van der Waals surface area (Å²) in [7, 11) is 0. The normalized spacial score (nSPS) is 10.6. The molecule has 1 rings (SSSR count). The second kappa shape index (κ2) is 3.90. The van der Waals surface area contributed by atoms with Crippen LogP contribution in [0.5, 0.6) is 0 Å². The first-order chi connectivity index (χ1) is 6.15. The van der Waals surface area contributed by atoms with E-state index < -0.39 is 5.97 Å². The van der Waals surface area contributed by atoms with Gasteiger partial charge in [-0.3, -0.25) is 0 Å². The molecule has 0 aliphatic carbocycles. The van der Waals surface area contributed by atoms with Crippen LogP contribution < -0.4 is 0 Å². The highest BCUT2D eigenvalue weighted by Crippen LogP contribution is 2.13. The van der Waals surface area contributed by atoms with E-state index in [1.807, 2.05) is 32.1 Å². The fraction of sp³-hybridized carbons (Fsp3) is 0.182. The summed E-state index contributed by atoms with van der Waals surface area (Å²) in [5, 5.41) is 8.88. The van der Waals surface area contributed by atoms with Gasteiger partial charge in [0.2, 0.25) is 0 Å². The van der Waals surface area contributed by atoms with E-state index in [0.717, 1.165) is 11.1 Å². The lowest BCUT2D eigenvalue weighted by Gasteiger charge is -2.01. The molecule has 13 heavy (non-hydrogen) atoms. The van der Waals surface area contributed by atoms with Crippen LogP contribution >= 0.6 is 0 Å². The van der Waals surface area contributed by atoms with Crippen LogP contribution in [0.1, 0.15) is 28.4 Å². The van der Waals surface area contributed by atoms with Crippen molar-refractivity contribution in [3.05, 3.63) is 41.0 Å². The average Bonchev–Trinajstić information content (AvgIpc) is 2.08. The number of carbonyl (C=O) groups is 1. The van der Waals surface area contributed by atoms with E-state index in [0.29, 0.717) is 5.56 Å². The standard InChI is InChI=1S/C11H12O2/c1-3-4-9-6-5-8(2)7-10(9)11(12)13/h3-7H,1-2H3,(H,12,13)/b4-3+. The number of carboxylic acid groups (broad SMARTS) is 1. The maximum absolute atomic E-state index is 10.8. The van der Waals surface area contributed by atoms with E-state index in [9.17, 15) is 4.79 Å². The Kier molecular flexibility index (Phi) is 2.85. The van der Waals surface area contributed by atoms with Gasteiger partial charge in [0.15, 0.2) is 0 Å². The van der Waals surface area contributed by atoms with Crippen LogP contribution in [0.15, 0.2) is 24.3 Å². The Hall–Kier alpha value is -1.57. The third kappa shape index (κ3) is 2.18. The number of benzene rings is 1. The first kappa shape index (κ1) is 9.52. The maximum Gasteiger partial charge on any atom is 0.336 e. The molecule has 1 aromatic carbocycles. The monoisotopic (exact) mass is 176 g/mol. The summed E-state index contributed by atoms with van der Waals surface area (Å²) in [6.07, 6.45) is 3.62. The highest BCUT2D eigenvalue weighted by atomic mass is 16.4. The summed E-state index contributed by atoms with van der Waals surface area (Å²) in [4.78, 5) is 10.8. The van der Waals surface area contributed by atoms with E-state index >= 15 is 0 Å². The molecule has 0 amide bonds. The molecule has 0 radical (unpaired) electrons. The maximum atomic E-state index is 10.8. The van der Waals surface area contributed by atoms with Crippen molar-refractivity contribution >= 4 is 12.0 Å². The van der Waals surface area contributed by atoms with Crippen molar-refractivity contribution in [3.8, 4) is 0 Å². The van der Waals surface area contributed by atoms with Crippen molar-refractivity contribution in [3.63, 3.8) is 0 Å². The summed E-state index contributed by atoms with van der Waals surface area (Å²) in [5.41, 5.74) is 2.07. The molecule has 0 saturated heterocycles. The highest BCUT2D eigenvalue weighted by molar-refractivity contribution is 5.92. The average molecular weight is 176 g/mol. The van der Waals surface area contributed by atoms with E-state index in [2.05, 4.69) is 0 Å². The van der Waals surface area contributed by atoms with E-state index in [1.54, 1.807) is 12.1 Å². The molecule has 0 fully saturated rings. The summed E-state index contributed by atoms with van der Waals surface area (Å²) >= 11 is 0. The molecular formula is C11H12O2. The highest BCUT2D eigenvalue weighted by Gasteiger charge is 2.06. The van der Waals surface area contributed by atoms with Crippen molar-refractivity contribution in [2.45, 2.75) is 13.8 Å². The molecule has 1 N–H and O–H groups in total. The SMILES string of the molecule is C/C=C/c1ccc(C)cc1C(=O)O. The van der Waals surface area contributed by atoms with Gasteiger partial charge in [-0.2, -0.15) is 0 Å². The van der Waals surface area contributed by atoms with Crippen LogP contribution in [0.25, 0.3) is 6.08 Å². The minimum Gasteiger partial charge on any atom is -0.478 e. The zero-order valence-corrected chi connectivity index (χ0v) is 7.74. The Labute approximate surface area is 77.5 Å². The fourth-order valence-electron chi connectivity index (χ4n) is 1.18. The topological polar surface area (TPSA) is 37.3 Å². The van der Waals surface area contributed by atoms with Gasteiger partial charge in [-0.15, -0.1) is 0 Å². The number of aryl methyl sites for hydroxylation is 1. The molecule has 0 bridgehead atoms. The number of carboxylic acids is 1. The zero-order chi connectivity index (χ0) is 9.84. The lowest BCUT2D eigenvalue weighted by atomic mass is 10.0. The smallest absolute Gasteiger partial charge is 0.336 e. The summed E-state index contributed by atoms with van der Waals surface area (Å²) in [6.45, 7) is 3.75. The molecule has 68 valence electrons. The van der Waals surface area contributed by atoms with Gasteiger partial charge in [-0.1, -0.05) is 29.8 Å². The molecule has 2 nitrogen and oxygen atoms in total. The van der Waals surface area contributed by atoms with Crippen molar-refractivity contribution in [1.82, 2.24) is 0 Å². The van der Waals surface area contributed by atoms with E-state index in [-0.39, 0.29) is 0 Å². The molecular weight excluding hydrogens is 164 g/mol. The van der Waals surface area contributed by atoms with Crippen molar-refractivity contribution in [2.75, 3.05) is 0 Å². The van der Waals surface area contributed by atoms with Gasteiger partial charge in [0.05, 0.1) is 5.56 Å². The molecule has 0 atom stereocenters. The molecule has 0 aliphatic rings.